The second-order valence-electron chi connectivity index (χ2n) is 9.45. The van der Waals surface area contributed by atoms with Gasteiger partial charge in [-0.05, 0) is 25.0 Å². The highest BCUT2D eigenvalue weighted by Crippen LogP contribution is 2.38. The number of carbonyl (C=O) groups excluding carboxylic acids is 2. The predicted octanol–water partition coefficient (Wildman–Crippen LogP) is 1.05. The number of amides is 2. The Morgan fingerprint density at radius 2 is 1.77 bits per heavy atom. The van der Waals surface area contributed by atoms with Crippen LogP contribution in [0.25, 0.3) is 0 Å². The van der Waals surface area contributed by atoms with E-state index < -0.39 is 5.82 Å². The van der Waals surface area contributed by atoms with Crippen molar-refractivity contribution < 1.29 is 18.7 Å². The Hall–Kier alpha value is -2.03. The summed E-state index contributed by atoms with van der Waals surface area (Å²) in [7, 11) is 0. The molecule has 4 heterocycles. The van der Waals surface area contributed by atoms with Crippen molar-refractivity contribution in [3.8, 4) is 0 Å². The summed E-state index contributed by atoms with van der Waals surface area (Å²) in [5.41, 5.74) is 0.0568. The second kappa shape index (κ2) is 8.15. The Balaban J connectivity index is 1.30. The van der Waals surface area contributed by atoms with Crippen molar-refractivity contribution in [2.24, 2.45) is 0 Å². The van der Waals surface area contributed by atoms with Gasteiger partial charge in [0.25, 0.3) is 5.91 Å². The fourth-order valence-corrected chi connectivity index (χ4v) is 5.95. The van der Waals surface area contributed by atoms with E-state index >= 15 is 0 Å². The van der Waals surface area contributed by atoms with Crippen LogP contribution < -0.4 is 0 Å². The maximum Gasteiger partial charge on any atom is 0.256 e. The van der Waals surface area contributed by atoms with Gasteiger partial charge in [0.1, 0.15) is 5.82 Å². The van der Waals surface area contributed by atoms with Crippen molar-refractivity contribution in [2.45, 2.75) is 37.4 Å². The summed E-state index contributed by atoms with van der Waals surface area (Å²) in [6.07, 6.45) is 2.00. The van der Waals surface area contributed by atoms with Gasteiger partial charge in [0.15, 0.2) is 0 Å². The molecule has 0 aromatic heterocycles. The molecule has 0 saturated carbocycles. The third kappa shape index (κ3) is 3.75. The molecule has 1 aromatic rings. The van der Waals surface area contributed by atoms with Gasteiger partial charge < -0.3 is 14.5 Å². The van der Waals surface area contributed by atoms with Crippen LogP contribution in [0.4, 0.5) is 4.39 Å². The van der Waals surface area contributed by atoms with Crippen LogP contribution in [0.3, 0.4) is 0 Å². The lowest BCUT2D eigenvalue weighted by Crippen LogP contribution is -2.82. The van der Waals surface area contributed by atoms with Crippen LogP contribution in [0.5, 0.6) is 0 Å². The van der Waals surface area contributed by atoms with Crippen molar-refractivity contribution in [3.05, 3.63) is 35.6 Å². The quantitative estimate of drug-likeness (QED) is 0.702. The van der Waals surface area contributed by atoms with Crippen LogP contribution in [0.2, 0.25) is 0 Å². The fourth-order valence-electron chi connectivity index (χ4n) is 5.95. The van der Waals surface area contributed by atoms with E-state index in [1.165, 1.54) is 6.07 Å². The Bertz CT molecular complexity index is 851. The summed E-state index contributed by atoms with van der Waals surface area (Å²) >= 11 is 0. The summed E-state index contributed by atoms with van der Waals surface area (Å²) < 4.78 is 20.0. The Morgan fingerprint density at radius 1 is 1.03 bits per heavy atom. The standard InChI is InChI=1S/C23H31FN4O3/c1-17(29)25-8-6-18(7-9-25)27-15-23(16-27)14-26(12-19-13-31-11-10-28(19)23)22(30)20-4-2-3-5-21(20)24/h2-5,18-19H,6-16H2,1H3/t19-/m1/s1. The van der Waals surface area contributed by atoms with E-state index in [2.05, 4.69) is 9.80 Å². The third-order valence-electron chi connectivity index (χ3n) is 7.57. The number of halogens is 1. The first kappa shape index (κ1) is 20.8. The van der Waals surface area contributed by atoms with Crippen LogP contribution in [-0.2, 0) is 9.53 Å². The van der Waals surface area contributed by atoms with E-state index in [1.807, 2.05) is 9.80 Å². The summed E-state index contributed by atoms with van der Waals surface area (Å²) in [5, 5.41) is 0. The molecule has 5 rings (SSSR count). The molecule has 4 aliphatic rings. The number of carbonyl (C=O) groups is 2. The van der Waals surface area contributed by atoms with E-state index in [9.17, 15) is 14.0 Å². The minimum atomic E-state index is -0.462. The zero-order chi connectivity index (χ0) is 21.6. The van der Waals surface area contributed by atoms with Crippen LogP contribution >= 0.6 is 0 Å². The number of morpholine rings is 1. The molecule has 0 aliphatic carbocycles. The van der Waals surface area contributed by atoms with Crippen molar-refractivity contribution in [1.29, 1.82) is 0 Å². The first-order valence-corrected chi connectivity index (χ1v) is 11.3. The third-order valence-corrected chi connectivity index (χ3v) is 7.57. The minimum Gasteiger partial charge on any atom is -0.378 e. The average molecular weight is 431 g/mol. The zero-order valence-corrected chi connectivity index (χ0v) is 18.1. The molecule has 2 amide bonds. The first-order chi connectivity index (χ1) is 15.0. The van der Waals surface area contributed by atoms with Crippen LogP contribution in [0.1, 0.15) is 30.1 Å². The number of piperazine rings is 1. The lowest BCUT2D eigenvalue weighted by Gasteiger charge is -2.65. The number of piperidine rings is 1. The summed E-state index contributed by atoms with van der Waals surface area (Å²) in [5.74, 6) is -0.531. The van der Waals surface area contributed by atoms with Gasteiger partial charge in [-0.1, -0.05) is 12.1 Å². The SMILES string of the molecule is CC(=O)N1CCC(N2CC3(CN(C(=O)c4ccccc4F)C[C@@H]4COCCN43)C2)CC1. The summed E-state index contributed by atoms with van der Waals surface area (Å²) in [6.45, 7) is 8.51. The average Bonchev–Trinajstić information content (AvgIpc) is 2.76. The highest BCUT2D eigenvalue weighted by molar-refractivity contribution is 5.94. The number of hydrogen-bond donors (Lipinski definition) is 0. The monoisotopic (exact) mass is 430 g/mol. The van der Waals surface area contributed by atoms with Gasteiger partial charge in [-0.3, -0.25) is 19.4 Å². The molecule has 1 spiro atoms. The van der Waals surface area contributed by atoms with Crippen molar-refractivity contribution in [1.82, 2.24) is 19.6 Å². The van der Waals surface area contributed by atoms with E-state index in [-0.39, 0.29) is 29.0 Å². The van der Waals surface area contributed by atoms with E-state index in [0.717, 1.165) is 52.2 Å². The number of likely N-dealkylation sites (tertiary alicyclic amines) is 2. The normalized spacial score (nSPS) is 27.1. The molecule has 4 fully saturated rings. The minimum absolute atomic E-state index is 0.0919. The molecule has 4 saturated heterocycles. The molecule has 168 valence electrons. The molecule has 7 nitrogen and oxygen atoms in total. The molecule has 0 bridgehead atoms. The molecule has 31 heavy (non-hydrogen) atoms. The maximum atomic E-state index is 14.3. The highest BCUT2D eigenvalue weighted by Gasteiger charge is 2.56. The molecule has 1 aromatic carbocycles. The van der Waals surface area contributed by atoms with Gasteiger partial charge in [0.2, 0.25) is 5.91 Å². The summed E-state index contributed by atoms with van der Waals surface area (Å²) in [6, 6.07) is 6.89. The summed E-state index contributed by atoms with van der Waals surface area (Å²) in [4.78, 5) is 33.6. The number of fused-ring (bicyclic) bond motifs is 2. The molecular weight excluding hydrogens is 399 g/mol. The molecule has 1 atom stereocenters. The van der Waals surface area contributed by atoms with Gasteiger partial charge in [-0.15, -0.1) is 0 Å². The lowest BCUT2D eigenvalue weighted by atomic mass is 9.80. The number of rotatable bonds is 2. The van der Waals surface area contributed by atoms with Gasteiger partial charge in [0, 0.05) is 58.8 Å². The maximum absolute atomic E-state index is 14.3. The predicted molar refractivity (Wildman–Crippen MR) is 113 cm³/mol. The van der Waals surface area contributed by atoms with Gasteiger partial charge >= 0.3 is 0 Å². The largest absolute Gasteiger partial charge is 0.378 e. The molecule has 0 unspecified atom stereocenters. The first-order valence-electron chi connectivity index (χ1n) is 11.3. The van der Waals surface area contributed by atoms with E-state index in [1.54, 1.807) is 25.1 Å². The molecule has 0 radical (unpaired) electrons. The number of nitrogens with zero attached hydrogens (tertiary/aromatic N) is 4. The Morgan fingerprint density at radius 3 is 2.48 bits per heavy atom. The molecule has 0 N–H and O–H groups in total. The number of benzene rings is 1. The van der Waals surface area contributed by atoms with Gasteiger partial charge in [-0.2, -0.15) is 0 Å². The number of hydrogen-bond acceptors (Lipinski definition) is 5. The van der Waals surface area contributed by atoms with Crippen molar-refractivity contribution in [2.75, 3.05) is 59.0 Å². The van der Waals surface area contributed by atoms with Crippen molar-refractivity contribution >= 4 is 11.8 Å². The lowest BCUT2D eigenvalue weighted by molar-refractivity contribution is -0.169. The van der Waals surface area contributed by atoms with Crippen LogP contribution in [0.15, 0.2) is 24.3 Å². The number of ether oxygens (including phenoxy) is 1. The van der Waals surface area contributed by atoms with Crippen LogP contribution in [-0.4, -0.2) is 108 Å². The van der Waals surface area contributed by atoms with E-state index in [4.69, 9.17) is 4.74 Å². The Kier molecular flexibility index (Phi) is 5.48. The molecule has 4 aliphatic heterocycles. The fraction of sp³-hybridized carbons (Fsp3) is 0.652. The topological polar surface area (TPSA) is 56.3 Å². The van der Waals surface area contributed by atoms with Gasteiger partial charge in [0.05, 0.1) is 30.4 Å². The highest BCUT2D eigenvalue weighted by atomic mass is 19.1. The van der Waals surface area contributed by atoms with Gasteiger partial charge in [-0.25, -0.2) is 4.39 Å². The van der Waals surface area contributed by atoms with Crippen LogP contribution in [0, 0.1) is 5.82 Å². The smallest absolute Gasteiger partial charge is 0.256 e. The molecular formula is C23H31FN4O3. The molecule has 8 heteroatoms. The second-order valence-corrected chi connectivity index (χ2v) is 9.45. The Labute approximate surface area is 182 Å². The zero-order valence-electron chi connectivity index (χ0n) is 18.1. The van der Waals surface area contributed by atoms with Crippen molar-refractivity contribution in [3.63, 3.8) is 0 Å². The van der Waals surface area contributed by atoms with E-state index in [0.29, 0.717) is 25.7 Å².